The van der Waals surface area contributed by atoms with E-state index in [9.17, 15) is 0 Å². The second kappa shape index (κ2) is 6.83. The first kappa shape index (κ1) is 12.5. The summed E-state index contributed by atoms with van der Waals surface area (Å²) >= 11 is 6.02. The Morgan fingerprint density at radius 2 is 2.20 bits per heavy atom. The Hall–Kier alpha value is -0.570. The second-order valence-corrected chi connectivity index (χ2v) is 3.86. The SMILES string of the molecule is CCOCCNCc1ccc(C)c(Cl)c1. The number of benzene rings is 1. The third kappa shape index (κ3) is 4.65. The van der Waals surface area contributed by atoms with Crippen LogP contribution in [-0.4, -0.2) is 19.8 Å². The molecule has 1 aromatic carbocycles. The van der Waals surface area contributed by atoms with Gasteiger partial charge in [0.2, 0.25) is 0 Å². The zero-order valence-corrected chi connectivity index (χ0v) is 10.1. The number of ether oxygens (including phenoxy) is 1. The van der Waals surface area contributed by atoms with Crippen LogP contribution in [0.5, 0.6) is 0 Å². The summed E-state index contributed by atoms with van der Waals surface area (Å²) in [5, 5.41) is 4.13. The molecule has 1 N–H and O–H groups in total. The third-order valence-electron chi connectivity index (χ3n) is 2.19. The maximum absolute atomic E-state index is 6.02. The smallest absolute Gasteiger partial charge is 0.0590 e. The molecule has 0 amide bonds. The van der Waals surface area contributed by atoms with Gasteiger partial charge >= 0.3 is 0 Å². The van der Waals surface area contributed by atoms with Gasteiger partial charge in [0.05, 0.1) is 6.61 Å². The Kier molecular flexibility index (Phi) is 5.69. The fourth-order valence-electron chi connectivity index (χ4n) is 1.27. The number of nitrogens with one attached hydrogen (secondary N) is 1. The van der Waals surface area contributed by atoms with E-state index in [1.54, 1.807) is 0 Å². The first-order valence-electron chi connectivity index (χ1n) is 5.27. The van der Waals surface area contributed by atoms with E-state index in [4.69, 9.17) is 16.3 Å². The van der Waals surface area contributed by atoms with E-state index in [0.717, 1.165) is 36.9 Å². The standard InChI is InChI=1S/C12H18ClNO/c1-3-15-7-6-14-9-11-5-4-10(2)12(13)8-11/h4-5,8,14H,3,6-7,9H2,1-2H3. The first-order chi connectivity index (χ1) is 7.24. The van der Waals surface area contributed by atoms with E-state index in [2.05, 4.69) is 11.4 Å². The lowest BCUT2D eigenvalue weighted by Gasteiger charge is -2.06. The van der Waals surface area contributed by atoms with Gasteiger partial charge in [-0.1, -0.05) is 23.7 Å². The molecule has 0 aliphatic rings. The second-order valence-electron chi connectivity index (χ2n) is 3.46. The zero-order chi connectivity index (χ0) is 11.1. The van der Waals surface area contributed by atoms with Crippen LogP contribution in [0, 0.1) is 6.92 Å². The lowest BCUT2D eigenvalue weighted by Crippen LogP contribution is -2.19. The van der Waals surface area contributed by atoms with Gasteiger partial charge in [-0.05, 0) is 31.0 Å². The van der Waals surface area contributed by atoms with E-state index in [1.165, 1.54) is 5.56 Å². The Balaban J connectivity index is 2.28. The van der Waals surface area contributed by atoms with Crippen LogP contribution in [-0.2, 0) is 11.3 Å². The van der Waals surface area contributed by atoms with Crippen molar-refractivity contribution in [3.05, 3.63) is 34.3 Å². The van der Waals surface area contributed by atoms with Gasteiger partial charge in [0.25, 0.3) is 0 Å². The fourth-order valence-corrected chi connectivity index (χ4v) is 1.47. The molecule has 0 aliphatic heterocycles. The van der Waals surface area contributed by atoms with Crippen LogP contribution in [0.1, 0.15) is 18.1 Å². The van der Waals surface area contributed by atoms with Crippen LogP contribution in [0.15, 0.2) is 18.2 Å². The highest BCUT2D eigenvalue weighted by Gasteiger charge is 1.97. The Labute approximate surface area is 96.6 Å². The summed E-state index contributed by atoms with van der Waals surface area (Å²) in [6.07, 6.45) is 0. The topological polar surface area (TPSA) is 21.3 Å². The summed E-state index contributed by atoms with van der Waals surface area (Å²) in [4.78, 5) is 0. The molecule has 0 radical (unpaired) electrons. The van der Waals surface area contributed by atoms with Crippen LogP contribution in [0.3, 0.4) is 0 Å². The average Bonchev–Trinajstić information content (AvgIpc) is 2.23. The monoisotopic (exact) mass is 227 g/mol. The fraction of sp³-hybridized carbons (Fsp3) is 0.500. The summed E-state index contributed by atoms with van der Waals surface area (Å²) in [6, 6.07) is 6.14. The molecule has 84 valence electrons. The van der Waals surface area contributed by atoms with Gasteiger partial charge in [-0.3, -0.25) is 0 Å². The van der Waals surface area contributed by atoms with Crippen molar-refractivity contribution >= 4 is 11.6 Å². The average molecular weight is 228 g/mol. The van der Waals surface area contributed by atoms with Crippen molar-refractivity contribution in [2.75, 3.05) is 19.8 Å². The highest BCUT2D eigenvalue weighted by molar-refractivity contribution is 6.31. The van der Waals surface area contributed by atoms with Crippen LogP contribution in [0.2, 0.25) is 5.02 Å². The minimum absolute atomic E-state index is 0.760. The van der Waals surface area contributed by atoms with Crippen molar-refractivity contribution in [1.29, 1.82) is 0 Å². The molecule has 0 aromatic heterocycles. The molecule has 0 unspecified atom stereocenters. The molecule has 0 heterocycles. The summed E-state index contributed by atoms with van der Waals surface area (Å²) in [5.41, 5.74) is 2.33. The molecule has 0 bridgehead atoms. The molecule has 2 nitrogen and oxygen atoms in total. The van der Waals surface area contributed by atoms with Crippen LogP contribution < -0.4 is 5.32 Å². The van der Waals surface area contributed by atoms with Gasteiger partial charge in [0.15, 0.2) is 0 Å². The molecule has 0 atom stereocenters. The molecular formula is C12H18ClNO. The van der Waals surface area contributed by atoms with Gasteiger partial charge in [-0.15, -0.1) is 0 Å². The Bertz CT molecular complexity index is 302. The lowest BCUT2D eigenvalue weighted by molar-refractivity contribution is 0.149. The number of hydrogen-bond donors (Lipinski definition) is 1. The lowest BCUT2D eigenvalue weighted by atomic mass is 10.1. The van der Waals surface area contributed by atoms with Crippen LogP contribution in [0.25, 0.3) is 0 Å². The number of aryl methyl sites for hydroxylation is 1. The van der Waals surface area contributed by atoms with Crippen molar-refractivity contribution in [3.63, 3.8) is 0 Å². The van der Waals surface area contributed by atoms with Crippen molar-refractivity contribution in [1.82, 2.24) is 5.32 Å². The molecule has 0 fully saturated rings. The largest absolute Gasteiger partial charge is 0.380 e. The number of rotatable bonds is 6. The predicted molar refractivity (Wildman–Crippen MR) is 64.4 cm³/mol. The van der Waals surface area contributed by atoms with E-state index in [0.29, 0.717) is 0 Å². The van der Waals surface area contributed by atoms with E-state index in [-0.39, 0.29) is 0 Å². The number of hydrogen-bond acceptors (Lipinski definition) is 2. The maximum atomic E-state index is 6.02. The molecule has 0 spiro atoms. The quantitative estimate of drug-likeness (QED) is 0.755. The molecule has 0 aliphatic carbocycles. The van der Waals surface area contributed by atoms with Crippen LogP contribution >= 0.6 is 11.6 Å². The van der Waals surface area contributed by atoms with Gasteiger partial charge in [-0.2, -0.15) is 0 Å². The normalized spacial score (nSPS) is 10.6. The maximum Gasteiger partial charge on any atom is 0.0590 e. The molecule has 0 saturated carbocycles. The number of halogens is 1. The van der Waals surface area contributed by atoms with E-state index in [1.807, 2.05) is 26.0 Å². The zero-order valence-electron chi connectivity index (χ0n) is 9.35. The highest BCUT2D eigenvalue weighted by atomic mass is 35.5. The molecule has 3 heteroatoms. The van der Waals surface area contributed by atoms with Gasteiger partial charge < -0.3 is 10.1 Å². The van der Waals surface area contributed by atoms with E-state index >= 15 is 0 Å². The summed E-state index contributed by atoms with van der Waals surface area (Å²) < 4.78 is 5.23. The molecular weight excluding hydrogens is 210 g/mol. The van der Waals surface area contributed by atoms with Crippen molar-refractivity contribution in [2.24, 2.45) is 0 Å². The van der Waals surface area contributed by atoms with Gasteiger partial charge in [-0.25, -0.2) is 0 Å². The highest BCUT2D eigenvalue weighted by Crippen LogP contribution is 2.16. The summed E-state index contributed by atoms with van der Waals surface area (Å²) in [7, 11) is 0. The minimum Gasteiger partial charge on any atom is -0.380 e. The Morgan fingerprint density at radius 3 is 2.87 bits per heavy atom. The third-order valence-corrected chi connectivity index (χ3v) is 2.60. The predicted octanol–water partition coefficient (Wildman–Crippen LogP) is 2.77. The summed E-state index contributed by atoms with van der Waals surface area (Å²) in [5.74, 6) is 0. The molecule has 1 aromatic rings. The molecule has 0 saturated heterocycles. The van der Waals surface area contributed by atoms with Crippen molar-refractivity contribution < 1.29 is 4.74 Å². The van der Waals surface area contributed by atoms with Crippen LogP contribution in [0.4, 0.5) is 0 Å². The van der Waals surface area contributed by atoms with Gasteiger partial charge in [0, 0.05) is 24.7 Å². The van der Waals surface area contributed by atoms with Gasteiger partial charge in [0.1, 0.15) is 0 Å². The summed E-state index contributed by atoms with van der Waals surface area (Å²) in [6.45, 7) is 7.26. The molecule has 15 heavy (non-hydrogen) atoms. The van der Waals surface area contributed by atoms with Crippen molar-refractivity contribution in [3.8, 4) is 0 Å². The minimum atomic E-state index is 0.760. The Morgan fingerprint density at radius 1 is 1.40 bits per heavy atom. The first-order valence-corrected chi connectivity index (χ1v) is 5.65. The molecule has 1 rings (SSSR count). The van der Waals surface area contributed by atoms with E-state index < -0.39 is 0 Å². The van der Waals surface area contributed by atoms with Crippen molar-refractivity contribution in [2.45, 2.75) is 20.4 Å².